The molecule has 1 aromatic heterocycles. The van der Waals surface area contributed by atoms with Gasteiger partial charge in [0.05, 0.1) is 7.11 Å². The average molecular weight is 344 g/mol. The zero-order valence-corrected chi connectivity index (χ0v) is 14.1. The molecule has 0 fully saturated rings. The van der Waals surface area contributed by atoms with Gasteiger partial charge in [-0.15, -0.1) is 0 Å². The van der Waals surface area contributed by atoms with Gasteiger partial charge in [0.1, 0.15) is 4.90 Å². The van der Waals surface area contributed by atoms with Crippen LogP contribution in [0.4, 0.5) is 11.5 Å². The molecule has 0 saturated heterocycles. The SMILES string of the molecule is CCc1ccc(N2C=C(C(=O)OC)S(=O)(=O)c3cccnc32)cc1. The molecule has 1 aromatic carbocycles. The van der Waals surface area contributed by atoms with Crippen LogP contribution in [0.25, 0.3) is 0 Å². The Morgan fingerprint density at radius 2 is 1.92 bits per heavy atom. The molecule has 1 aliphatic rings. The highest BCUT2D eigenvalue weighted by Gasteiger charge is 2.37. The lowest BCUT2D eigenvalue weighted by Gasteiger charge is -2.27. The Hall–Kier alpha value is -2.67. The number of ether oxygens (including phenoxy) is 1. The third-order valence-electron chi connectivity index (χ3n) is 3.81. The van der Waals surface area contributed by atoms with E-state index in [2.05, 4.69) is 16.6 Å². The van der Waals surface area contributed by atoms with Crippen molar-refractivity contribution in [2.45, 2.75) is 18.2 Å². The Morgan fingerprint density at radius 3 is 2.54 bits per heavy atom. The zero-order valence-electron chi connectivity index (χ0n) is 13.3. The van der Waals surface area contributed by atoms with Crippen LogP contribution >= 0.6 is 0 Å². The lowest BCUT2D eigenvalue weighted by Crippen LogP contribution is -2.27. The van der Waals surface area contributed by atoms with E-state index in [1.54, 1.807) is 4.90 Å². The van der Waals surface area contributed by atoms with Gasteiger partial charge in [0.15, 0.2) is 10.7 Å². The number of nitrogens with zero attached hydrogens (tertiary/aromatic N) is 2. The standard InChI is InChI=1S/C17H16N2O4S/c1-3-12-6-8-13(9-7-12)19-11-15(17(20)23-2)24(21,22)14-5-4-10-18-16(14)19/h4-11H,3H2,1-2H3. The molecule has 2 aromatic rings. The predicted octanol–water partition coefficient (Wildman–Crippen LogP) is 2.58. The first-order valence-corrected chi connectivity index (χ1v) is 8.85. The van der Waals surface area contributed by atoms with Crippen molar-refractivity contribution in [3.05, 3.63) is 59.3 Å². The summed E-state index contributed by atoms with van der Waals surface area (Å²) in [7, 11) is -2.81. The molecule has 0 saturated carbocycles. The van der Waals surface area contributed by atoms with Crippen molar-refractivity contribution in [3.63, 3.8) is 0 Å². The number of esters is 1. The van der Waals surface area contributed by atoms with Crippen molar-refractivity contribution in [1.29, 1.82) is 0 Å². The quantitative estimate of drug-likeness (QED) is 0.797. The predicted molar refractivity (Wildman–Crippen MR) is 89.5 cm³/mol. The van der Waals surface area contributed by atoms with E-state index in [1.165, 1.54) is 24.5 Å². The monoisotopic (exact) mass is 344 g/mol. The fourth-order valence-electron chi connectivity index (χ4n) is 2.49. The number of pyridine rings is 1. The summed E-state index contributed by atoms with van der Waals surface area (Å²) in [4.78, 5) is 17.3. The van der Waals surface area contributed by atoms with Crippen LogP contribution in [0, 0.1) is 0 Å². The van der Waals surface area contributed by atoms with Gasteiger partial charge in [-0.05, 0) is 36.2 Å². The molecule has 0 bridgehead atoms. The number of carbonyl (C=O) groups is 1. The normalized spacial score (nSPS) is 15.4. The fraction of sp³-hybridized carbons (Fsp3) is 0.176. The van der Waals surface area contributed by atoms with Crippen LogP contribution in [0.5, 0.6) is 0 Å². The van der Waals surface area contributed by atoms with E-state index in [-0.39, 0.29) is 10.7 Å². The summed E-state index contributed by atoms with van der Waals surface area (Å²) in [6.07, 6.45) is 3.67. The van der Waals surface area contributed by atoms with Gasteiger partial charge in [-0.3, -0.25) is 4.90 Å². The van der Waals surface area contributed by atoms with E-state index < -0.39 is 20.7 Å². The molecule has 7 heteroatoms. The van der Waals surface area contributed by atoms with Gasteiger partial charge in [-0.1, -0.05) is 19.1 Å². The average Bonchev–Trinajstić information content (AvgIpc) is 2.61. The molecule has 124 valence electrons. The van der Waals surface area contributed by atoms with Gasteiger partial charge in [-0.2, -0.15) is 0 Å². The molecule has 0 atom stereocenters. The van der Waals surface area contributed by atoms with Crippen molar-refractivity contribution in [2.24, 2.45) is 0 Å². The summed E-state index contributed by atoms with van der Waals surface area (Å²) in [5, 5.41) is 0. The van der Waals surface area contributed by atoms with E-state index in [4.69, 9.17) is 0 Å². The molecule has 0 radical (unpaired) electrons. The molecular weight excluding hydrogens is 328 g/mol. The second-order valence-electron chi connectivity index (χ2n) is 5.20. The Bertz CT molecular complexity index is 918. The summed E-state index contributed by atoms with van der Waals surface area (Å²) >= 11 is 0. The third-order valence-corrected chi connectivity index (χ3v) is 5.56. The number of sulfone groups is 1. The van der Waals surface area contributed by atoms with Gasteiger partial charge >= 0.3 is 5.97 Å². The number of carbonyl (C=O) groups excluding carboxylic acids is 1. The Morgan fingerprint density at radius 1 is 1.21 bits per heavy atom. The number of benzene rings is 1. The number of fused-ring (bicyclic) bond motifs is 1. The second kappa shape index (κ2) is 6.09. The number of anilines is 2. The molecule has 0 unspecified atom stereocenters. The summed E-state index contributed by atoms with van der Waals surface area (Å²) in [5.41, 5.74) is 1.87. The number of aryl methyl sites for hydroxylation is 1. The first kappa shape index (κ1) is 16.2. The Balaban J connectivity index is 2.21. The number of methoxy groups -OCH3 is 1. The van der Waals surface area contributed by atoms with Gasteiger partial charge in [-0.25, -0.2) is 18.2 Å². The van der Waals surface area contributed by atoms with Crippen molar-refractivity contribution in [3.8, 4) is 0 Å². The van der Waals surface area contributed by atoms with E-state index in [1.807, 2.05) is 24.3 Å². The van der Waals surface area contributed by atoms with Crippen molar-refractivity contribution < 1.29 is 17.9 Å². The summed E-state index contributed by atoms with van der Waals surface area (Å²) < 4.78 is 29.9. The van der Waals surface area contributed by atoms with Crippen LogP contribution in [0.1, 0.15) is 12.5 Å². The van der Waals surface area contributed by atoms with Crippen LogP contribution in [-0.4, -0.2) is 26.5 Å². The number of rotatable bonds is 3. The topological polar surface area (TPSA) is 76.6 Å². The van der Waals surface area contributed by atoms with Gasteiger partial charge < -0.3 is 4.74 Å². The first-order chi connectivity index (χ1) is 11.5. The maximum Gasteiger partial charge on any atom is 0.351 e. The minimum atomic E-state index is -3.97. The van der Waals surface area contributed by atoms with Crippen LogP contribution < -0.4 is 4.90 Å². The smallest absolute Gasteiger partial charge is 0.351 e. The molecular formula is C17H16N2O4S. The minimum absolute atomic E-state index is 0.0209. The zero-order chi connectivity index (χ0) is 17.3. The number of hydrogen-bond donors (Lipinski definition) is 0. The largest absolute Gasteiger partial charge is 0.465 e. The van der Waals surface area contributed by atoms with Crippen LogP contribution in [0.2, 0.25) is 0 Å². The van der Waals surface area contributed by atoms with E-state index in [9.17, 15) is 13.2 Å². The van der Waals surface area contributed by atoms with Gasteiger partial charge in [0.2, 0.25) is 9.84 Å². The second-order valence-corrected chi connectivity index (χ2v) is 7.09. The summed E-state index contributed by atoms with van der Waals surface area (Å²) in [6.45, 7) is 2.05. The third kappa shape index (κ3) is 2.56. The molecule has 0 spiro atoms. The highest BCUT2D eigenvalue weighted by Crippen LogP contribution is 2.38. The Labute approximate surface area is 140 Å². The molecule has 1 aliphatic heterocycles. The van der Waals surface area contributed by atoms with E-state index in [0.717, 1.165) is 19.1 Å². The van der Waals surface area contributed by atoms with Crippen molar-refractivity contribution in [1.82, 2.24) is 4.98 Å². The van der Waals surface area contributed by atoms with E-state index in [0.29, 0.717) is 5.69 Å². The van der Waals surface area contributed by atoms with Gasteiger partial charge in [0, 0.05) is 18.1 Å². The van der Waals surface area contributed by atoms with Crippen LogP contribution in [-0.2, 0) is 25.8 Å². The fourth-order valence-corrected chi connectivity index (χ4v) is 3.92. The number of aromatic nitrogens is 1. The first-order valence-electron chi connectivity index (χ1n) is 7.37. The summed E-state index contributed by atoms with van der Waals surface area (Å²) in [6, 6.07) is 10.6. The lowest BCUT2D eigenvalue weighted by molar-refractivity contribution is -0.135. The molecule has 0 amide bonds. The van der Waals surface area contributed by atoms with Crippen molar-refractivity contribution >= 4 is 27.3 Å². The Kier molecular flexibility index (Phi) is 4.11. The van der Waals surface area contributed by atoms with Crippen molar-refractivity contribution in [2.75, 3.05) is 12.0 Å². The lowest BCUT2D eigenvalue weighted by atomic mass is 10.1. The molecule has 0 aliphatic carbocycles. The van der Waals surface area contributed by atoms with Crippen LogP contribution in [0.3, 0.4) is 0 Å². The van der Waals surface area contributed by atoms with Gasteiger partial charge in [0.25, 0.3) is 0 Å². The molecule has 6 nitrogen and oxygen atoms in total. The highest BCUT2D eigenvalue weighted by atomic mass is 32.2. The maximum absolute atomic E-state index is 12.6. The molecule has 0 N–H and O–H groups in total. The minimum Gasteiger partial charge on any atom is -0.465 e. The molecule has 24 heavy (non-hydrogen) atoms. The van der Waals surface area contributed by atoms with Crippen LogP contribution in [0.15, 0.2) is 58.6 Å². The van der Waals surface area contributed by atoms with E-state index >= 15 is 0 Å². The molecule has 2 heterocycles. The highest BCUT2D eigenvalue weighted by molar-refractivity contribution is 7.96. The number of hydrogen-bond acceptors (Lipinski definition) is 6. The molecule has 3 rings (SSSR count). The maximum atomic E-state index is 12.6. The summed E-state index contributed by atoms with van der Waals surface area (Å²) in [5.74, 6) is -0.644.